The number of fused-ring (bicyclic) bond motifs is 1. The van der Waals surface area contributed by atoms with Crippen molar-refractivity contribution in [2.75, 3.05) is 0 Å². The summed E-state index contributed by atoms with van der Waals surface area (Å²) in [7, 11) is -4.42. The van der Waals surface area contributed by atoms with Gasteiger partial charge in [-0.3, -0.25) is 9.35 Å². The lowest BCUT2D eigenvalue weighted by molar-refractivity contribution is 0.0933. The maximum atomic E-state index is 12.1. The molecule has 0 aliphatic heterocycles. The minimum absolute atomic E-state index is 0.126. The first kappa shape index (κ1) is 16.1. The summed E-state index contributed by atoms with van der Waals surface area (Å²) >= 11 is 0. The molecule has 2 rings (SSSR count). The fraction of sp³-hybridized carbons (Fsp3) is 0.600. The van der Waals surface area contributed by atoms with E-state index in [9.17, 15) is 17.8 Å². The third-order valence-corrected chi connectivity index (χ3v) is 4.92. The number of carbonyl (C=O) groups is 1. The quantitative estimate of drug-likeness (QED) is 0.682. The molecule has 0 spiro atoms. The van der Waals surface area contributed by atoms with Crippen molar-refractivity contribution in [3.05, 3.63) is 22.9 Å². The summed E-state index contributed by atoms with van der Waals surface area (Å²) in [5.74, 6) is 0.227. The number of hydrogen-bond donors (Lipinski definition) is 1. The first-order chi connectivity index (χ1) is 9.61. The predicted molar refractivity (Wildman–Crippen MR) is 79.0 cm³/mol. The molecule has 0 saturated carbocycles. The fourth-order valence-corrected chi connectivity index (χ4v) is 3.46. The van der Waals surface area contributed by atoms with Crippen molar-refractivity contribution in [3.8, 4) is 0 Å². The lowest BCUT2D eigenvalue weighted by Crippen LogP contribution is -2.15. The Morgan fingerprint density at radius 3 is 2.38 bits per heavy atom. The largest absolute Gasteiger partial charge is 0.312 e. The average molecular weight is 311 g/mol. The molecule has 0 saturated heterocycles. The van der Waals surface area contributed by atoms with Crippen molar-refractivity contribution in [2.45, 2.75) is 45.6 Å². The molecule has 1 aromatic rings. The van der Waals surface area contributed by atoms with Crippen LogP contribution in [0.25, 0.3) is 0 Å². The van der Waals surface area contributed by atoms with E-state index in [4.69, 9.17) is 0 Å². The minimum atomic E-state index is -4.42. The number of nitrogens with zero attached hydrogens (tertiary/aromatic N) is 1. The molecule has 1 unspecified atom stereocenters. The molecule has 5 nitrogen and oxygen atoms in total. The van der Waals surface area contributed by atoms with Crippen molar-refractivity contribution in [1.82, 2.24) is 4.98 Å². The maximum absolute atomic E-state index is 12.1. The van der Waals surface area contributed by atoms with Crippen LogP contribution in [-0.2, 0) is 23.0 Å². The van der Waals surface area contributed by atoms with Crippen LogP contribution in [0.5, 0.6) is 0 Å². The molecule has 116 valence electrons. The van der Waals surface area contributed by atoms with Crippen molar-refractivity contribution in [3.63, 3.8) is 0 Å². The highest BCUT2D eigenvalue weighted by Crippen LogP contribution is 2.35. The van der Waals surface area contributed by atoms with Gasteiger partial charge in [0.2, 0.25) is 0 Å². The summed E-state index contributed by atoms with van der Waals surface area (Å²) in [6.07, 6.45) is 1.29. The standard InChI is InChI=1S/C15H21NO4S/c1-8(2)10-5-11-7-13(14(17)9(3)4)16-15(12(11)6-10)21(18,19)20/h7-10H,5-6H2,1-4H3,(H,18,19,20). The Kier molecular flexibility index (Phi) is 4.22. The third kappa shape index (κ3) is 3.16. The van der Waals surface area contributed by atoms with Gasteiger partial charge in [-0.2, -0.15) is 8.42 Å². The number of pyridine rings is 1. The topological polar surface area (TPSA) is 84.3 Å². The average Bonchev–Trinajstić information content (AvgIpc) is 2.78. The van der Waals surface area contributed by atoms with Gasteiger partial charge in [0.25, 0.3) is 0 Å². The molecule has 0 aromatic carbocycles. The normalized spacial score (nSPS) is 18.3. The first-order valence-corrected chi connectivity index (χ1v) is 8.59. The third-order valence-electron chi connectivity index (χ3n) is 4.09. The van der Waals surface area contributed by atoms with Crippen molar-refractivity contribution >= 4 is 15.9 Å². The smallest absolute Gasteiger partial charge is 0.292 e. The number of aromatic nitrogens is 1. The Balaban J connectivity index is 2.59. The molecular formula is C15H21NO4S. The summed E-state index contributed by atoms with van der Waals surface area (Å²) in [6, 6.07) is 1.69. The molecule has 1 N–H and O–H groups in total. The summed E-state index contributed by atoms with van der Waals surface area (Å²) in [6.45, 7) is 7.64. The Morgan fingerprint density at radius 2 is 1.90 bits per heavy atom. The molecule has 0 fully saturated rings. The van der Waals surface area contributed by atoms with E-state index < -0.39 is 10.1 Å². The summed E-state index contributed by atoms with van der Waals surface area (Å²) in [5, 5.41) is -0.341. The Morgan fingerprint density at radius 1 is 1.29 bits per heavy atom. The van der Waals surface area contributed by atoms with E-state index in [0.29, 0.717) is 23.8 Å². The van der Waals surface area contributed by atoms with Crippen LogP contribution in [0, 0.1) is 17.8 Å². The minimum Gasteiger partial charge on any atom is -0.292 e. The fourth-order valence-electron chi connectivity index (χ4n) is 2.72. The van der Waals surface area contributed by atoms with Crippen LogP contribution in [-0.4, -0.2) is 23.7 Å². The molecule has 0 bridgehead atoms. The molecule has 1 aromatic heterocycles. The van der Waals surface area contributed by atoms with Gasteiger partial charge in [0.1, 0.15) is 5.69 Å². The van der Waals surface area contributed by atoms with Crippen LogP contribution >= 0.6 is 0 Å². The van der Waals surface area contributed by atoms with E-state index in [1.807, 2.05) is 0 Å². The van der Waals surface area contributed by atoms with Crippen LogP contribution in [0.15, 0.2) is 11.1 Å². The van der Waals surface area contributed by atoms with Gasteiger partial charge in [-0.1, -0.05) is 27.7 Å². The van der Waals surface area contributed by atoms with E-state index in [1.54, 1.807) is 19.9 Å². The van der Waals surface area contributed by atoms with E-state index in [-0.39, 0.29) is 22.4 Å². The number of carbonyl (C=O) groups excluding carboxylic acids is 1. The van der Waals surface area contributed by atoms with Crippen LogP contribution < -0.4 is 0 Å². The van der Waals surface area contributed by atoms with Crippen molar-refractivity contribution < 1.29 is 17.8 Å². The SMILES string of the molecule is CC(C)C(=O)c1cc2c(c(S(=O)(=O)O)n1)CC(C(C)C)C2. The van der Waals surface area contributed by atoms with Gasteiger partial charge in [-0.15, -0.1) is 0 Å². The highest BCUT2D eigenvalue weighted by atomic mass is 32.2. The maximum Gasteiger partial charge on any atom is 0.312 e. The number of hydrogen-bond acceptors (Lipinski definition) is 4. The van der Waals surface area contributed by atoms with E-state index in [0.717, 1.165) is 12.0 Å². The van der Waals surface area contributed by atoms with Gasteiger partial charge in [-0.25, -0.2) is 4.98 Å². The molecule has 0 radical (unpaired) electrons. The predicted octanol–water partition coefficient (Wildman–Crippen LogP) is 2.54. The molecule has 1 atom stereocenters. The Bertz CT molecular complexity index is 677. The van der Waals surface area contributed by atoms with Crippen LogP contribution in [0.3, 0.4) is 0 Å². The second kappa shape index (κ2) is 5.50. The summed E-state index contributed by atoms with van der Waals surface area (Å²) < 4.78 is 32.6. The highest BCUT2D eigenvalue weighted by molar-refractivity contribution is 7.85. The van der Waals surface area contributed by atoms with Gasteiger partial charge < -0.3 is 0 Å². The monoisotopic (exact) mass is 311 g/mol. The highest BCUT2D eigenvalue weighted by Gasteiger charge is 2.32. The molecular weight excluding hydrogens is 290 g/mol. The summed E-state index contributed by atoms with van der Waals surface area (Å²) in [4.78, 5) is 16.0. The van der Waals surface area contributed by atoms with Gasteiger partial charge >= 0.3 is 10.1 Å². The second-order valence-electron chi connectivity index (χ2n) is 6.36. The molecule has 1 heterocycles. The molecule has 0 amide bonds. The van der Waals surface area contributed by atoms with E-state index >= 15 is 0 Å². The van der Waals surface area contributed by atoms with Crippen LogP contribution in [0.2, 0.25) is 0 Å². The van der Waals surface area contributed by atoms with Gasteiger partial charge in [0.05, 0.1) is 0 Å². The van der Waals surface area contributed by atoms with Gasteiger partial charge in [0, 0.05) is 5.92 Å². The molecule has 6 heteroatoms. The zero-order valence-electron chi connectivity index (χ0n) is 12.8. The van der Waals surface area contributed by atoms with E-state index in [1.165, 1.54) is 0 Å². The zero-order chi connectivity index (χ0) is 15.9. The molecule has 1 aliphatic carbocycles. The lowest BCUT2D eigenvalue weighted by Gasteiger charge is -2.12. The molecule has 1 aliphatic rings. The molecule has 21 heavy (non-hydrogen) atoms. The van der Waals surface area contributed by atoms with Gasteiger partial charge in [-0.05, 0) is 41.9 Å². The number of ketones is 1. The second-order valence-corrected chi connectivity index (χ2v) is 7.69. The lowest BCUT2D eigenvalue weighted by atomic mass is 9.93. The first-order valence-electron chi connectivity index (χ1n) is 7.15. The number of rotatable bonds is 4. The van der Waals surface area contributed by atoms with E-state index in [2.05, 4.69) is 18.8 Å². The Labute approximate surface area is 125 Å². The van der Waals surface area contributed by atoms with Crippen LogP contribution in [0.1, 0.15) is 49.3 Å². The van der Waals surface area contributed by atoms with Crippen molar-refractivity contribution in [2.24, 2.45) is 17.8 Å². The Hall–Kier alpha value is -1.27. The van der Waals surface area contributed by atoms with Crippen LogP contribution in [0.4, 0.5) is 0 Å². The summed E-state index contributed by atoms with van der Waals surface area (Å²) in [5.41, 5.74) is 1.51. The van der Waals surface area contributed by atoms with Gasteiger partial charge in [0.15, 0.2) is 10.8 Å². The zero-order valence-corrected chi connectivity index (χ0v) is 13.6. The van der Waals surface area contributed by atoms with Crippen molar-refractivity contribution in [1.29, 1.82) is 0 Å². The number of Topliss-reactive ketones (excluding diaryl/α,β-unsaturated/α-hetero) is 1.